The molecule has 1 aliphatic rings. The Morgan fingerprint density at radius 2 is 1.81 bits per heavy atom. The highest BCUT2D eigenvalue weighted by molar-refractivity contribution is 7.80. The number of aromatic hydroxyl groups is 1. The van der Waals surface area contributed by atoms with Crippen molar-refractivity contribution in [2.75, 3.05) is 19.9 Å². The summed E-state index contributed by atoms with van der Waals surface area (Å²) >= 11 is 4.97. The first-order chi connectivity index (χ1) is 7.74. The van der Waals surface area contributed by atoms with Gasteiger partial charge in [-0.15, -0.1) is 0 Å². The Kier molecular flexibility index (Phi) is 3.58. The third-order valence-electron chi connectivity index (χ3n) is 2.58. The average Bonchev–Trinajstić information content (AvgIpc) is 2.30. The zero-order chi connectivity index (χ0) is 11.4. The number of phenolic OH excluding ortho intramolecular Hbond substituents is 1. The van der Waals surface area contributed by atoms with E-state index >= 15 is 0 Å². The summed E-state index contributed by atoms with van der Waals surface area (Å²) in [7, 11) is 0. The lowest BCUT2D eigenvalue weighted by Gasteiger charge is -2.29. The van der Waals surface area contributed by atoms with Gasteiger partial charge < -0.3 is 15.7 Å². The number of nitrogens with one attached hydrogen (secondary N) is 2. The van der Waals surface area contributed by atoms with Crippen LogP contribution >= 0.6 is 12.2 Å². The Labute approximate surface area is 100 Å². The first-order valence-corrected chi connectivity index (χ1v) is 5.67. The summed E-state index contributed by atoms with van der Waals surface area (Å²) in [5, 5.41) is 16.0. The lowest BCUT2D eigenvalue weighted by molar-refractivity contribution is 0.247. The zero-order valence-electron chi connectivity index (χ0n) is 8.94. The van der Waals surface area contributed by atoms with E-state index in [1.165, 1.54) is 5.56 Å². The molecule has 0 radical (unpaired) electrons. The molecule has 0 spiro atoms. The second-order valence-electron chi connectivity index (χ2n) is 3.81. The van der Waals surface area contributed by atoms with Crippen LogP contribution in [-0.4, -0.2) is 35.0 Å². The number of nitrogens with zero attached hydrogens (tertiary/aromatic N) is 1. The van der Waals surface area contributed by atoms with Crippen molar-refractivity contribution in [3.8, 4) is 5.75 Å². The standard InChI is InChI=1S/C11H15N3OS/c15-10-3-1-9(2-4-10)5-6-14-7-12-11(16)13-8-14/h1-4,15H,5-8H2,(H2,12,13,16). The third kappa shape index (κ3) is 3.08. The van der Waals surface area contributed by atoms with Gasteiger partial charge in [-0.2, -0.15) is 0 Å². The van der Waals surface area contributed by atoms with E-state index in [-0.39, 0.29) is 0 Å². The van der Waals surface area contributed by atoms with Gasteiger partial charge in [-0.25, -0.2) is 0 Å². The minimum atomic E-state index is 0.315. The molecule has 3 N–H and O–H groups in total. The molecule has 1 fully saturated rings. The molecule has 0 aromatic heterocycles. The lowest BCUT2D eigenvalue weighted by atomic mass is 10.1. The Hall–Kier alpha value is -1.33. The normalized spacial score (nSPS) is 16.6. The second kappa shape index (κ2) is 5.14. The Bertz CT molecular complexity index is 356. The maximum Gasteiger partial charge on any atom is 0.168 e. The van der Waals surface area contributed by atoms with Crippen LogP contribution in [0.25, 0.3) is 0 Å². The molecule has 0 amide bonds. The van der Waals surface area contributed by atoms with Gasteiger partial charge in [-0.3, -0.25) is 4.90 Å². The molecule has 0 saturated carbocycles. The molecule has 2 rings (SSSR count). The quantitative estimate of drug-likeness (QED) is 0.673. The van der Waals surface area contributed by atoms with Crippen LogP contribution in [0.5, 0.6) is 5.75 Å². The van der Waals surface area contributed by atoms with Gasteiger partial charge in [0, 0.05) is 6.54 Å². The molecule has 1 aromatic rings. The first-order valence-electron chi connectivity index (χ1n) is 5.26. The average molecular weight is 237 g/mol. The van der Waals surface area contributed by atoms with E-state index in [4.69, 9.17) is 17.3 Å². The van der Waals surface area contributed by atoms with Gasteiger partial charge in [0.05, 0.1) is 13.3 Å². The van der Waals surface area contributed by atoms with Crippen LogP contribution in [0.4, 0.5) is 0 Å². The maximum absolute atomic E-state index is 9.16. The topological polar surface area (TPSA) is 47.5 Å². The number of hydrogen-bond donors (Lipinski definition) is 3. The second-order valence-corrected chi connectivity index (χ2v) is 4.22. The SMILES string of the molecule is Oc1ccc(CCN2CNC(=S)NC2)cc1. The van der Waals surface area contributed by atoms with Crippen LogP contribution in [0.3, 0.4) is 0 Å². The first kappa shape index (κ1) is 11.2. The van der Waals surface area contributed by atoms with Crippen molar-refractivity contribution in [3.63, 3.8) is 0 Å². The van der Waals surface area contributed by atoms with Crippen LogP contribution in [0.2, 0.25) is 0 Å². The van der Waals surface area contributed by atoms with Gasteiger partial charge in [-0.05, 0) is 36.3 Å². The van der Waals surface area contributed by atoms with Gasteiger partial charge in [-0.1, -0.05) is 12.1 Å². The molecule has 5 heteroatoms. The molecule has 1 aromatic carbocycles. The van der Waals surface area contributed by atoms with E-state index < -0.39 is 0 Å². The van der Waals surface area contributed by atoms with Gasteiger partial charge >= 0.3 is 0 Å². The summed E-state index contributed by atoms with van der Waals surface area (Å²) in [5.41, 5.74) is 1.23. The van der Waals surface area contributed by atoms with Crippen molar-refractivity contribution in [2.24, 2.45) is 0 Å². The molecule has 4 nitrogen and oxygen atoms in total. The molecule has 0 atom stereocenters. The molecule has 1 aliphatic heterocycles. The molecular weight excluding hydrogens is 222 g/mol. The molecule has 1 heterocycles. The van der Waals surface area contributed by atoms with Crippen molar-refractivity contribution in [3.05, 3.63) is 29.8 Å². The molecule has 86 valence electrons. The molecule has 0 aliphatic carbocycles. The summed E-state index contributed by atoms with van der Waals surface area (Å²) < 4.78 is 0. The predicted octanol–water partition coefficient (Wildman–Crippen LogP) is 0.629. The molecule has 0 unspecified atom stereocenters. The fourth-order valence-corrected chi connectivity index (χ4v) is 1.72. The number of thiocarbonyl (C=S) groups is 1. The molecule has 0 bridgehead atoms. The van der Waals surface area contributed by atoms with E-state index in [2.05, 4.69) is 15.5 Å². The van der Waals surface area contributed by atoms with Crippen LogP contribution in [0.1, 0.15) is 5.56 Å². The fourth-order valence-electron chi connectivity index (χ4n) is 1.59. The minimum absolute atomic E-state index is 0.315. The zero-order valence-corrected chi connectivity index (χ0v) is 9.76. The molecule has 1 saturated heterocycles. The highest BCUT2D eigenvalue weighted by Crippen LogP contribution is 2.10. The fraction of sp³-hybridized carbons (Fsp3) is 0.364. The van der Waals surface area contributed by atoms with Gasteiger partial charge in [0.1, 0.15) is 5.75 Å². The maximum atomic E-state index is 9.16. The summed E-state index contributed by atoms with van der Waals surface area (Å²) in [6.45, 7) is 2.56. The van der Waals surface area contributed by atoms with Crippen molar-refractivity contribution >= 4 is 17.3 Å². The van der Waals surface area contributed by atoms with Crippen LogP contribution in [0, 0.1) is 0 Å². The van der Waals surface area contributed by atoms with Crippen molar-refractivity contribution in [1.29, 1.82) is 0 Å². The lowest BCUT2D eigenvalue weighted by Crippen LogP contribution is -2.54. The monoisotopic (exact) mass is 237 g/mol. The number of rotatable bonds is 3. The predicted molar refractivity (Wildman–Crippen MR) is 67.1 cm³/mol. The van der Waals surface area contributed by atoms with Crippen LogP contribution in [0.15, 0.2) is 24.3 Å². The highest BCUT2D eigenvalue weighted by atomic mass is 32.1. The van der Waals surface area contributed by atoms with E-state index in [0.717, 1.165) is 31.4 Å². The number of phenols is 1. The minimum Gasteiger partial charge on any atom is -0.508 e. The summed E-state index contributed by atoms with van der Waals surface area (Å²) in [5.74, 6) is 0.315. The largest absolute Gasteiger partial charge is 0.508 e. The summed E-state index contributed by atoms with van der Waals surface area (Å²) in [6, 6.07) is 7.34. The van der Waals surface area contributed by atoms with Gasteiger partial charge in [0.2, 0.25) is 0 Å². The molecular formula is C11H15N3OS. The van der Waals surface area contributed by atoms with E-state index in [0.29, 0.717) is 5.75 Å². The van der Waals surface area contributed by atoms with Crippen molar-refractivity contribution in [2.45, 2.75) is 6.42 Å². The third-order valence-corrected chi connectivity index (χ3v) is 2.87. The number of hydrogen-bond acceptors (Lipinski definition) is 3. The van der Waals surface area contributed by atoms with E-state index in [1.54, 1.807) is 12.1 Å². The Balaban J connectivity index is 1.79. The summed E-state index contributed by atoms with van der Waals surface area (Å²) in [4.78, 5) is 2.24. The van der Waals surface area contributed by atoms with E-state index in [1.807, 2.05) is 12.1 Å². The number of benzene rings is 1. The van der Waals surface area contributed by atoms with Crippen LogP contribution in [-0.2, 0) is 6.42 Å². The van der Waals surface area contributed by atoms with E-state index in [9.17, 15) is 0 Å². The highest BCUT2D eigenvalue weighted by Gasteiger charge is 2.10. The van der Waals surface area contributed by atoms with Gasteiger partial charge in [0.15, 0.2) is 5.11 Å². The smallest absolute Gasteiger partial charge is 0.168 e. The Morgan fingerprint density at radius 1 is 1.19 bits per heavy atom. The molecule has 16 heavy (non-hydrogen) atoms. The summed E-state index contributed by atoms with van der Waals surface area (Å²) in [6.07, 6.45) is 0.969. The van der Waals surface area contributed by atoms with Crippen molar-refractivity contribution < 1.29 is 5.11 Å². The van der Waals surface area contributed by atoms with Crippen LogP contribution < -0.4 is 10.6 Å². The Morgan fingerprint density at radius 3 is 2.44 bits per heavy atom. The van der Waals surface area contributed by atoms with Gasteiger partial charge in [0.25, 0.3) is 0 Å². The van der Waals surface area contributed by atoms with Crippen molar-refractivity contribution in [1.82, 2.24) is 15.5 Å².